The highest BCUT2D eigenvalue weighted by atomic mass is 28.4. The van der Waals surface area contributed by atoms with Crippen LogP contribution in [0.25, 0.3) is 0 Å². The molecule has 1 aromatic rings. The van der Waals surface area contributed by atoms with Gasteiger partial charge in [-0.05, 0) is 18.7 Å². The molecule has 1 rings (SSSR count). The van der Waals surface area contributed by atoms with Gasteiger partial charge in [0.05, 0.1) is 0 Å². The van der Waals surface area contributed by atoms with E-state index in [1.165, 1.54) is 5.56 Å². The van der Waals surface area contributed by atoms with Gasteiger partial charge in [0.25, 0.3) is 0 Å². The van der Waals surface area contributed by atoms with Crippen LogP contribution in [0.5, 0.6) is 0 Å². The molecular formula is C10H14OSi. The highest BCUT2D eigenvalue weighted by Crippen LogP contribution is 2.01. The van der Waals surface area contributed by atoms with Crippen molar-refractivity contribution in [2.75, 3.05) is 0 Å². The van der Waals surface area contributed by atoms with Crippen molar-refractivity contribution >= 4 is 13.5 Å². The van der Waals surface area contributed by atoms with Gasteiger partial charge in [-0.3, -0.25) is 0 Å². The lowest BCUT2D eigenvalue weighted by Crippen LogP contribution is -2.42. The van der Waals surface area contributed by atoms with Gasteiger partial charge in [-0.2, -0.15) is 0 Å². The van der Waals surface area contributed by atoms with Crippen LogP contribution < -0.4 is 5.19 Å². The number of aryl methyl sites for hydroxylation is 1. The molecule has 0 radical (unpaired) electrons. The molecule has 0 spiro atoms. The molecule has 0 aromatic heterocycles. The summed E-state index contributed by atoms with van der Waals surface area (Å²) in [6, 6.07) is 7.98. The second-order valence-electron chi connectivity index (χ2n) is 3.22. The average Bonchev–Trinajstić information content (AvgIpc) is 2.05. The SMILES string of the molecule is C=C[Si](C)(O)c1ccc(C)cc1. The lowest BCUT2D eigenvalue weighted by atomic mass is 10.2. The summed E-state index contributed by atoms with van der Waals surface area (Å²) in [4.78, 5) is 9.91. The van der Waals surface area contributed by atoms with Crippen LogP contribution in [0.1, 0.15) is 5.56 Å². The van der Waals surface area contributed by atoms with Crippen molar-refractivity contribution in [1.82, 2.24) is 0 Å². The van der Waals surface area contributed by atoms with E-state index in [-0.39, 0.29) is 0 Å². The van der Waals surface area contributed by atoms with Crippen molar-refractivity contribution in [3.8, 4) is 0 Å². The van der Waals surface area contributed by atoms with Gasteiger partial charge in [-0.15, -0.1) is 6.58 Å². The van der Waals surface area contributed by atoms with Crippen molar-refractivity contribution in [2.45, 2.75) is 13.5 Å². The van der Waals surface area contributed by atoms with Crippen LogP contribution in [0.15, 0.2) is 36.5 Å². The fourth-order valence-electron chi connectivity index (χ4n) is 1.01. The molecule has 0 amide bonds. The van der Waals surface area contributed by atoms with E-state index in [4.69, 9.17) is 0 Å². The molecule has 1 aromatic carbocycles. The Bertz CT molecular complexity index is 274. The quantitative estimate of drug-likeness (QED) is 0.680. The molecule has 0 fully saturated rings. The lowest BCUT2D eigenvalue weighted by molar-refractivity contribution is 0.575. The first kappa shape index (κ1) is 9.23. The molecule has 0 heterocycles. The summed E-state index contributed by atoms with van der Waals surface area (Å²) < 4.78 is 0. The fraction of sp³-hybridized carbons (Fsp3) is 0.200. The molecule has 1 unspecified atom stereocenters. The van der Waals surface area contributed by atoms with Crippen molar-refractivity contribution < 1.29 is 4.80 Å². The van der Waals surface area contributed by atoms with E-state index in [9.17, 15) is 4.80 Å². The molecule has 1 N–H and O–H groups in total. The highest BCUT2D eigenvalue weighted by Gasteiger charge is 2.21. The van der Waals surface area contributed by atoms with Crippen LogP contribution in [0.2, 0.25) is 6.55 Å². The van der Waals surface area contributed by atoms with Crippen LogP contribution in [0.3, 0.4) is 0 Å². The smallest absolute Gasteiger partial charge is 0.241 e. The normalized spacial score (nSPS) is 15.2. The molecule has 0 saturated carbocycles. The van der Waals surface area contributed by atoms with Gasteiger partial charge in [0, 0.05) is 0 Å². The third kappa shape index (κ3) is 1.84. The van der Waals surface area contributed by atoms with Crippen LogP contribution >= 0.6 is 0 Å². The summed E-state index contributed by atoms with van der Waals surface area (Å²) >= 11 is 0. The highest BCUT2D eigenvalue weighted by molar-refractivity contribution is 6.88. The van der Waals surface area contributed by atoms with Crippen molar-refractivity contribution in [3.05, 3.63) is 42.1 Å². The Hall–Kier alpha value is -0.863. The predicted octanol–water partition coefficient (Wildman–Crippen LogP) is 1.49. The first-order chi connectivity index (χ1) is 5.56. The molecule has 0 aliphatic carbocycles. The third-order valence-corrected chi connectivity index (χ3v) is 4.33. The zero-order valence-corrected chi connectivity index (χ0v) is 8.54. The van der Waals surface area contributed by atoms with E-state index in [0.717, 1.165) is 5.19 Å². The van der Waals surface area contributed by atoms with E-state index in [1.807, 2.05) is 37.7 Å². The summed E-state index contributed by atoms with van der Waals surface area (Å²) in [5.41, 5.74) is 2.89. The van der Waals surface area contributed by atoms with Crippen LogP contribution in [-0.2, 0) is 0 Å². The zero-order valence-electron chi connectivity index (χ0n) is 7.54. The molecule has 1 nitrogen and oxygen atoms in total. The molecule has 0 bridgehead atoms. The first-order valence-corrected chi connectivity index (χ1v) is 6.52. The van der Waals surface area contributed by atoms with E-state index in [0.29, 0.717) is 0 Å². The zero-order chi connectivity index (χ0) is 9.19. The van der Waals surface area contributed by atoms with Gasteiger partial charge >= 0.3 is 0 Å². The largest absolute Gasteiger partial charge is 0.424 e. The Morgan fingerprint density at radius 2 is 1.83 bits per heavy atom. The van der Waals surface area contributed by atoms with Gasteiger partial charge in [0.1, 0.15) is 0 Å². The summed E-state index contributed by atoms with van der Waals surface area (Å²) in [7, 11) is -2.31. The summed E-state index contributed by atoms with van der Waals surface area (Å²) in [5, 5.41) is 1.02. The topological polar surface area (TPSA) is 20.2 Å². The van der Waals surface area contributed by atoms with Gasteiger partial charge in [0.2, 0.25) is 8.32 Å². The number of benzene rings is 1. The van der Waals surface area contributed by atoms with E-state index in [2.05, 4.69) is 6.58 Å². The maximum absolute atomic E-state index is 9.91. The standard InChI is InChI=1S/C10H14OSi/c1-4-12(3,11)10-7-5-9(2)6-8-10/h4-8,11H,1H2,2-3H3. The maximum Gasteiger partial charge on any atom is 0.241 e. The van der Waals surface area contributed by atoms with Crippen LogP contribution in [0.4, 0.5) is 0 Å². The van der Waals surface area contributed by atoms with Gasteiger partial charge in [-0.1, -0.05) is 35.5 Å². The van der Waals surface area contributed by atoms with E-state index >= 15 is 0 Å². The predicted molar refractivity (Wildman–Crippen MR) is 54.8 cm³/mol. The average molecular weight is 178 g/mol. The Balaban J connectivity index is 3.04. The third-order valence-electron chi connectivity index (χ3n) is 2.03. The van der Waals surface area contributed by atoms with Crippen LogP contribution in [-0.4, -0.2) is 13.1 Å². The fourth-order valence-corrected chi connectivity index (χ4v) is 2.09. The number of rotatable bonds is 2. The molecule has 0 aliphatic heterocycles. The molecule has 2 heteroatoms. The van der Waals surface area contributed by atoms with Gasteiger partial charge < -0.3 is 4.80 Å². The Labute approximate surface area is 74.5 Å². The van der Waals surface area contributed by atoms with Crippen molar-refractivity contribution in [2.24, 2.45) is 0 Å². The second kappa shape index (κ2) is 3.25. The minimum atomic E-state index is -2.31. The molecular weight excluding hydrogens is 164 g/mol. The minimum absolute atomic E-state index is 1.02. The monoisotopic (exact) mass is 178 g/mol. The summed E-state index contributed by atoms with van der Waals surface area (Å²) in [6.07, 6.45) is 0. The van der Waals surface area contributed by atoms with Crippen molar-refractivity contribution in [3.63, 3.8) is 0 Å². The second-order valence-corrected chi connectivity index (χ2v) is 6.50. The lowest BCUT2D eigenvalue weighted by Gasteiger charge is -2.15. The molecule has 64 valence electrons. The van der Waals surface area contributed by atoms with E-state index in [1.54, 1.807) is 5.70 Å². The van der Waals surface area contributed by atoms with Crippen LogP contribution in [0, 0.1) is 6.92 Å². The molecule has 1 atom stereocenters. The Kier molecular flexibility index (Phi) is 2.50. The molecule has 12 heavy (non-hydrogen) atoms. The molecule has 0 saturated heterocycles. The van der Waals surface area contributed by atoms with Crippen molar-refractivity contribution in [1.29, 1.82) is 0 Å². The maximum atomic E-state index is 9.91. The first-order valence-electron chi connectivity index (χ1n) is 3.99. The minimum Gasteiger partial charge on any atom is -0.424 e. The summed E-state index contributed by atoms with van der Waals surface area (Å²) in [6.45, 7) is 7.54. The number of hydrogen-bond acceptors (Lipinski definition) is 1. The number of hydrogen-bond donors (Lipinski definition) is 1. The molecule has 0 aliphatic rings. The Morgan fingerprint density at radius 1 is 1.33 bits per heavy atom. The van der Waals surface area contributed by atoms with Gasteiger partial charge in [0.15, 0.2) is 0 Å². The Morgan fingerprint density at radius 3 is 2.25 bits per heavy atom. The van der Waals surface area contributed by atoms with Gasteiger partial charge in [-0.25, -0.2) is 0 Å². The summed E-state index contributed by atoms with van der Waals surface area (Å²) in [5.74, 6) is 0. The van der Waals surface area contributed by atoms with E-state index < -0.39 is 8.32 Å².